The number of hydrogen-bond acceptors (Lipinski definition) is 6. The minimum absolute atomic E-state index is 0.0130. The summed E-state index contributed by atoms with van der Waals surface area (Å²) < 4.78 is 10.4. The van der Waals surface area contributed by atoms with Crippen molar-refractivity contribution in [3.05, 3.63) is 70.9 Å². The number of amides is 1. The number of ketones is 1. The summed E-state index contributed by atoms with van der Waals surface area (Å²) in [4.78, 5) is 26.9. The van der Waals surface area contributed by atoms with E-state index in [1.807, 2.05) is 31.2 Å². The molecule has 1 aliphatic heterocycles. The summed E-state index contributed by atoms with van der Waals surface area (Å²) in [5, 5.41) is 19.3. The number of rotatable bonds is 8. The topological polar surface area (TPSA) is 100 Å². The molecule has 1 atom stereocenters. The average Bonchev–Trinajstić information content (AvgIpc) is 3.28. The van der Waals surface area contributed by atoms with Crippen molar-refractivity contribution in [1.82, 2.24) is 4.90 Å². The van der Waals surface area contributed by atoms with Gasteiger partial charge < -0.3 is 24.3 Å². The fraction of sp³-hybridized carbons (Fsp3) is 0.300. The van der Waals surface area contributed by atoms with Gasteiger partial charge in [0.1, 0.15) is 0 Å². The maximum atomic E-state index is 12.9. The Bertz CT molecular complexity index is 838. The first-order chi connectivity index (χ1) is 13.0. The zero-order chi connectivity index (χ0) is 19.4. The summed E-state index contributed by atoms with van der Waals surface area (Å²) in [7, 11) is 0. The van der Waals surface area contributed by atoms with Crippen molar-refractivity contribution in [1.29, 1.82) is 0 Å². The summed E-state index contributed by atoms with van der Waals surface area (Å²) in [5.74, 6) is -1.69. The van der Waals surface area contributed by atoms with Crippen molar-refractivity contribution >= 4 is 11.7 Å². The molecule has 7 heteroatoms. The molecule has 2 aromatic rings. The first-order valence-electron chi connectivity index (χ1n) is 8.62. The Labute approximate surface area is 156 Å². The van der Waals surface area contributed by atoms with E-state index < -0.39 is 23.5 Å². The van der Waals surface area contributed by atoms with Crippen LogP contribution < -0.4 is 0 Å². The zero-order valence-electron chi connectivity index (χ0n) is 14.9. The predicted octanol–water partition coefficient (Wildman–Crippen LogP) is 2.18. The molecule has 1 amide bonds. The van der Waals surface area contributed by atoms with Crippen LogP contribution in [0.5, 0.6) is 0 Å². The SMILES string of the molecule is Cc1ccc([C@@H]2C(C(=O)c3ccco3)=C(O)C(=O)N2CCOCCO)cc1. The second-order valence-corrected chi connectivity index (χ2v) is 6.22. The Morgan fingerprint density at radius 1 is 1.22 bits per heavy atom. The third-order valence-electron chi connectivity index (χ3n) is 4.40. The van der Waals surface area contributed by atoms with E-state index >= 15 is 0 Å². The Morgan fingerprint density at radius 3 is 2.59 bits per heavy atom. The molecule has 142 valence electrons. The van der Waals surface area contributed by atoms with Crippen molar-refractivity contribution in [2.75, 3.05) is 26.4 Å². The molecule has 1 aromatic heterocycles. The molecule has 0 bridgehead atoms. The first kappa shape index (κ1) is 18.9. The molecular formula is C20H21NO6. The second-order valence-electron chi connectivity index (χ2n) is 6.22. The molecule has 0 fully saturated rings. The van der Waals surface area contributed by atoms with E-state index in [1.165, 1.54) is 17.2 Å². The Hall–Kier alpha value is -2.90. The van der Waals surface area contributed by atoms with E-state index in [4.69, 9.17) is 14.3 Å². The van der Waals surface area contributed by atoms with Crippen molar-refractivity contribution in [3.8, 4) is 0 Å². The van der Waals surface area contributed by atoms with Gasteiger partial charge in [-0.15, -0.1) is 0 Å². The average molecular weight is 371 g/mol. The molecule has 0 saturated heterocycles. The number of aryl methyl sites for hydroxylation is 1. The van der Waals surface area contributed by atoms with Crippen LogP contribution in [0.25, 0.3) is 0 Å². The standard InChI is InChI=1S/C20H21NO6/c1-13-4-6-14(7-5-13)17-16(18(23)15-3-2-10-27-15)19(24)20(25)21(17)8-11-26-12-9-22/h2-7,10,17,22,24H,8-9,11-12H2,1H3/t17-/m1/s1. The number of nitrogens with zero attached hydrogens (tertiary/aromatic N) is 1. The zero-order valence-corrected chi connectivity index (χ0v) is 14.9. The van der Waals surface area contributed by atoms with Crippen LogP contribution in [-0.4, -0.2) is 53.2 Å². The molecule has 1 aliphatic rings. The van der Waals surface area contributed by atoms with Gasteiger partial charge in [-0.3, -0.25) is 9.59 Å². The summed E-state index contributed by atoms with van der Waals surface area (Å²) in [6, 6.07) is 9.73. The van der Waals surface area contributed by atoms with Gasteiger partial charge in [0.2, 0.25) is 5.78 Å². The van der Waals surface area contributed by atoms with E-state index in [9.17, 15) is 14.7 Å². The van der Waals surface area contributed by atoms with Gasteiger partial charge in [0, 0.05) is 6.54 Å². The summed E-state index contributed by atoms with van der Waals surface area (Å²) in [6.07, 6.45) is 1.36. The Kier molecular flexibility index (Phi) is 5.73. The molecular weight excluding hydrogens is 350 g/mol. The fourth-order valence-corrected chi connectivity index (χ4v) is 3.08. The quantitative estimate of drug-likeness (QED) is 0.545. The van der Waals surface area contributed by atoms with Crippen LogP contribution in [-0.2, 0) is 9.53 Å². The third kappa shape index (κ3) is 3.79. The fourth-order valence-electron chi connectivity index (χ4n) is 3.08. The van der Waals surface area contributed by atoms with Crippen LogP contribution >= 0.6 is 0 Å². The molecule has 1 aromatic carbocycles. The molecule has 3 rings (SSSR count). The maximum Gasteiger partial charge on any atom is 0.290 e. The summed E-state index contributed by atoms with van der Waals surface area (Å²) in [6.45, 7) is 2.29. The molecule has 7 nitrogen and oxygen atoms in total. The molecule has 2 heterocycles. The van der Waals surface area contributed by atoms with Gasteiger partial charge in [0.15, 0.2) is 11.5 Å². The summed E-state index contributed by atoms with van der Waals surface area (Å²) >= 11 is 0. The number of Topliss-reactive ketones (excluding diaryl/α,β-unsaturated/α-hetero) is 1. The Balaban J connectivity index is 1.96. The largest absolute Gasteiger partial charge is 0.503 e. The number of carbonyl (C=O) groups is 2. The molecule has 0 radical (unpaired) electrons. The first-order valence-corrected chi connectivity index (χ1v) is 8.62. The molecule has 0 saturated carbocycles. The number of hydrogen-bond donors (Lipinski definition) is 2. The van der Waals surface area contributed by atoms with E-state index in [0.717, 1.165) is 5.56 Å². The number of furan rings is 1. The van der Waals surface area contributed by atoms with Gasteiger partial charge in [-0.05, 0) is 24.6 Å². The van der Waals surface area contributed by atoms with Gasteiger partial charge in [0.05, 0.1) is 37.7 Å². The third-order valence-corrected chi connectivity index (χ3v) is 4.40. The van der Waals surface area contributed by atoms with Crippen molar-refractivity contribution in [2.45, 2.75) is 13.0 Å². The highest BCUT2D eigenvalue weighted by atomic mass is 16.5. The lowest BCUT2D eigenvalue weighted by atomic mass is 9.94. The van der Waals surface area contributed by atoms with Crippen LogP contribution in [0.2, 0.25) is 0 Å². The number of aliphatic hydroxyl groups is 2. The van der Waals surface area contributed by atoms with Crippen LogP contribution in [0.3, 0.4) is 0 Å². The van der Waals surface area contributed by atoms with E-state index in [2.05, 4.69) is 0 Å². The van der Waals surface area contributed by atoms with Crippen LogP contribution in [0.4, 0.5) is 0 Å². The van der Waals surface area contributed by atoms with Gasteiger partial charge in [-0.1, -0.05) is 29.8 Å². The number of carbonyl (C=O) groups excluding carboxylic acids is 2. The van der Waals surface area contributed by atoms with Gasteiger partial charge in [0.25, 0.3) is 5.91 Å². The molecule has 0 aliphatic carbocycles. The van der Waals surface area contributed by atoms with Crippen LogP contribution in [0, 0.1) is 6.92 Å². The second kappa shape index (κ2) is 8.20. The molecule has 2 N–H and O–H groups in total. The van der Waals surface area contributed by atoms with Gasteiger partial charge >= 0.3 is 0 Å². The monoisotopic (exact) mass is 371 g/mol. The predicted molar refractivity (Wildman–Crippen MR) is 96.2 cm³/mol. The van der Waals surface area contributed by atoms with Crippen molar-refractivity contribution in [3.63, 3.8) is 0 Å². The van der Waals surface area contributed by atoms with Crippen molar-refractivity contribution in [2.24, 2.45) is 0 Å². The van der Waals surface area contributed by atoms with Crippen LogP contribution in [0.15, 0.2) is 58.4 Å². The highest BCUT2D eigenvalue weighted by Crippen LogP contribution is 2.38. The Morgan fingerprint density at radius 2 is 1.96 bits per heavy atom. The smallest absolute Gasteiger partial charge is 0.290 e. The molecule has 0 spiro atoms. The van der Waals surface area contributed by atoms with Gasteiger partial charge in [-0.25, -0.2) is 0 Å². The normalized spacial score (nSPS) is 17.0. The lowest BCUT2D eigenvalue weighted by molar-refractivity contribution is -0.130. The number of aliphatic hydroxyl groups excluding tert-OH is 2. The highest BCUT2D eigenvalue weighted by Gasteiger charge is 2.44. The highest BCUT2D eigenvalue weighted by molar-refractivity contribution is 6.15. The maximum absolute atomic E-state index is 12.9. The van der Waals surface area contributed by atoms with E-state index in [0.29, 0.717) is 5.56 Å². The van der Waals surface area contributed by atoms with E-state index in [1.54, 1.807) is 6.07 Å². The number of ether oxygens (including phenoxy) is 1. The lowest BCUT2D eigenvalue weighted by Crippen LogP contribution is -2.34. The molecule has 27 heavy (non-hydrogen) atoms. The minimum Gasteiger partial charge on any atom is -0.503 e. The van der Waals surface area contributed by atoms with Crippen LogP contribution in [0.1, 0.15) is 27.7 Å². The molecule has 0 unspecified atom stereocenters. The summed E-state index contributed by atoms with van der Waals surface area (Å²) in [5.41, 5.74) is 1.73. The minimum atomic E-state index is -0.742. The van der Waals surface area contributed by atoms with E-state index in [-0.39, 0.29) is 37.7 Å². The van der Waals surface area contributed by atoms with Crippen molar-refractivity contribution < 1.29 is 29.0 Å². The number of benzene rings is 1. The lowest BCUT2D eigenvalue weighted by Gasteiger charge is -2.26. The van der Waals surface area contributed by atoms with Gasteiger partial charge in [-0.2, -0.15) is 0 Å².